The molecule has 0 radical (unpaired) electrons. The summed E-state index contributed by atoms with van der Waals surface area (Å²) >= 11 is 0. The number of hydrogen-bond donors (Lipinski definition) is 5. The summed E-state index contributed by atoms with van der Waals surface area (Å²) in [5.41, 5.74) is -8.35. The predicted molar refractivity (Wildman–Crippen MR) is 175 cm³/mol. The second-order valence-corrected chi connectivity index (χ2v) is 12.1. The molecule has 0 aliphatic rings. The molecule has 314 valence electrons. The highest BCUT2D eigenvalue weighted by atomic mass is 19.4. The first-order chi connectivity index (χ1) is 26.3. The van der Waals surface area contributed by atoms with Crippen molar-refractivity contribution in [3.63, 3.8) is 0 Å². The van der Waals surface area contributed by atoms with Gasteiger partial charge in [-0.25, -0.2) is 19.4 Å². The number of ether oxygens (including phenoxy) is 1. The number of carbonyl (C=O) groups is 4. The van der Waals surface area contributed by atoms with Crippen molar-refractivity contribution < 1.29 is 76.6 Å². The van der Waals surface area contributed by atoms with Crippen LogP contribution in [0.15, 0.2) is 48.9 Å². The second-order valence-electron chi connectivity index (χ2n) is 12.1. The molecule has 5 amide bonds. The van der Waals surface area contributed by atoms with Gasteiger partial charge in [-0.2, -0.15) is 52.7 Å². The first kappa shape index (κ1) is 45.7. The van der Waals surface area contributed by atoms with Gasteiger partial charge in [-0.1, -0.05) is 0 Å². The number of anilines is 2. The smallest absolute Gasteiger partial charge is 0.416 e. The summed E-state index contributed by atoms with van der Waals surface area (Å²) < 4.78 is 166. The maximum atomic E-state index is 13.4. The van der Waals surface area contributed by atoms with Crippen LogP contribution in [0.2, 0.25) is 0 Å². The number of aryl methyl sites for hydroxylation is 1. The molecule has 0 saturated heterocycles. The van der Waals surface area contributed by atoms with E-state index in [1.54, 1.807) is 17.7 Å². The number of methoxy groups -OCH3 is 1. The lowest BCUT2D eigenvalue weighted by Crippen LogP contribution is -2.53. The van der Waals surface area contributed by atoms with E-state index in [2.05, 4.69) is 20.9 Å². The Hall–Kier alpha value is -5.71. The van der Waals surface area contributed by atoms with E-state index in [4.69, 9.17) is 4.74 Å². The van der Waals surface area contributed by atoms with Crippen LogP contribution in [-0.4, -0.2) is 59.2 Å². The van der Waals surface area contributed by atoms with E-state index >= 15 is 0 Å². The highest BCUT2D eigenvalue weighted by Gasteiger charge is 2.39. The Morgan fingerprint density at radius 1 is 0.684 bits per heavy atom. The molecule has 0 fully saturated rings. The number of esters is 1. The molecule has 0 spiro atoms. The van der Waals surface area contributed by atoms with Crippen molar-refractivity contribution in [1.29, 1.82) is 0 Å². The first-order valence-electron chi connectivity index (χ1n) is 16.4. The van der Waals surface area contributed by atoms with Crippen LogP contribution in [0, 0.1) is 0 Å². The van der Waals surface area contributed by atoms with Crippen LogP contribution < -0.4 is 26.6 Å². The normalized spacial score (nSPS) is 13.3. The van der Waals surface area contributed by atoms with Crippen molar-refractivity contribution >= 4 is 35.3 Å². The fraction of sp³-hybridized carbons (Fsp3) is 0.424. The lowest BCUT2D eigenvalue weighted by Gasteiger charge is -2.22. The minimum atomic E-state index is -5.25. The van der Waals surface area contributed by atoms with Crippen LogP contribution in [-0.2, 0) is 52.0 Å². The van der Waals surface area contributed by atoms with Crippen molar-refractivity contribution in [2.75, 3.05) is 24.3 Å². The number of aromatic nitrogens is 2. The third kappa shape index (κ3) is 14.1. The lowest BCUT2D eigenvalue weighted by atomic mass is 10.1. The summed E-state index contributed by atoms with van der Waals surface area (Å²) in [5.74, 6) is -2.04. The van der Waals surface area contributed by atoms with Gasteiger partial charge in [0, 0.05) is 37.1 Å². The zero-order valence-corrected chi connectivity index (χ0v) is 29.5. The van der Waals surface area contributed by atoms with Gasteiger partial charge in [-0.3, -0.25) is 4.79 Å². The van der Waals surface area contributed by atoms with Crippen LogP contribution in [0.5, 0.6) is 0 Å². The Morgan fingerprint density at radius 3 is 1.58 bits per heavy atom. The number of unbranched alkanes of at least 4 members (excludes halogenated alkanes) is 1. The summed E-state index contributed by atoms with van der Waals surface area (Å²) in [4.78, 5) is 55.3. The monoisotopic (exact) mass is 835 g/mol. The Bertz CT molecular complexity index is 1830. The average Bonchev–Trinajstić information content (AvgIpc) is 3.56. The van der Waals surface area contributed by atoms with Gasteiger partial charge in [0.2, 0.25) is 5.91 Å². The number of urea groups is 2. The number of hydrogen-bond acceptors (Lipinski definition) is 6. The highest BCUT2D eigenvalue weighted by Crippen LogP contribution is 2.39. The van der Waals surface area contributed by atoms with Crippen molar-refractivity contribution in [3.8, 4) is 0 Å². The van der Waals surface area contributed by atoms with E-state index in [-0.39, 0.29) is 68.6 Å². The Kier molecular flexibility index (Phi) is 14.8. The third-order valence-electron chi connectivity index (χ3n) is 7.79. The zero-order valence-electron chi connectivity index (χ0n) is 29.5. The molecular weight excluding hydrogens is 802 g/mol. The van der Waals surface area contributed by atoms with Gasteiger partial charge in [-0.15, -0.1) is 0 Å². The third-order valence-corrected chi connectivity index (χ3v) is 7.79. The van der Waals surface area contributed by atoms with Crippen molar-refractivity contribution in [1.82, 2.24) is 25.5 Å². The number of amides is 5. The van der Waals surface area contributed by atoms with E-state index in [0.717, 1.165) is 7.11 Å². The van der Waals surface area contributed by atoms with Crippen LogP contribution >= 0.6 is 0 Å². The Morgan fingerprint density at radius 2 is 1.16 bits per heavy atom. The number of benzene rings is 2. The highest BCUT2D eigenvalue weighted by molar-refractivity contribution is 5.95. The Labute approximate surface area is 314 Å². The number of nitrogens with one attached hydrogen (secondary N) is 5. The summed E-state index contributed by atoms with van der Waals surface area (Å²) in [6.45, 7) is 1.98. The van der Waals surface area contributed by atoms with Gasteiger partial charge in [0.25, 0.3) is 0 Å². The van der Waals surface area contributed by atoms with Crippen molar-refractivity contribution in [3.05, 3.63) is 76.9 Å². The quantitative estimate of drug-likeness (QED) is 0.0650. The Balaban J connectivity index is 1.76. The summed E-state index contributed by atoms with van der Waals surface area (Å²) in [5, 5.41) is 10.3. The SMILES string of the molecule is CCn1cnc(C[C@H](NC(=O)[C@H](CCCCNC(=O)Nc2cc(C(F)(F)F)cc(C(F)(F)F)c2)NC(=O)Nc2cc(C(F)(F)F)cc(C(F)(F)F)c2)C(=O)OC)c1. The molecule has 5 N–H and O–H groups in total. The van der Waals surface area contributed by atoms with Crippen LogP contribution in [0.3, 0.4) is 0 Å². The molecule has 3 rings (SSSR count). The fourth-order valence-corrected chi connectivity index (χ4v) is 5.00. The number of carbonyl (C=O) groups excluding carboxylic acids is 4. The van der Waals surface area contributed by atoms with E-state index < -0.39 is 94.4 Å². The number of halogens is 12. The minimum Gasteiger partial charge on any atom is -0.467 e. The molecule has 1 heterocycles. The van der Waals surface area contributed by atoms with Gasteiger partial charge in [0.05, 0.1) is 41.4 Å². The van der Waals surface area contributed by atoms with Crippen LogP contribution in [0.4, 0.5) is 73.6 Å². The largest absolute Gasteiger partial charge is 0.467 e. The molecule has 0 unspecified atom stereocenters. The summed E-state index contributed by atoms with van der Waals surface area (Å²) in [6, 6.07) is -5.08. The predicted octanol–water partition coefficient (Wildman–Crippen LogP) is 7.36. The molecule has 3 aromatic rings. The molecule has 2 atom stereocenters. The van der Waals surface area contributed by atoms with Crippen LogP contribution in [0.25, 0.3) is 0 Å². The summed E-state index contributed by atoms with van der Waals surface area (Å²) in [7, 11) is 1.00. The van der Waals surface area contributed by atoms with E-state index in [1.165, 1.54) is 6.33 Å². The van der Waals surface area contributed by atoms with Gasteiger partial charge in [0.15, 0.2) is 0 Å². The number of imidazole rings is 1. The molecule has 24 heteroatoms. The van der Waals surface area contributed by atoms with Crippen molar-refractivity contribution in [2.24, 2.45) is 0 Å². The minimum absolute atomic E-state index is 0.0751. The molecule has 0 saturated carbocycles. The molecule has 1 aromatic heterocycles. The number of rotatable bonds is 14. The average molecular weight is 836 g/mol. The number of nitrogens with zero attached hydrogens (tertiary/aromatic N) is 2. The van der Waals surface area contributed by atoms with Gasteiger partial charge >= 0.3 is 42.7 Å². The summed E-state index contributed by atoms with van der Waals surface area (Å²) in [6.07, 6.45) is -18.6. The van der Waals surface area contributed by atoms with E-state index in [0.29, 0.717) is 12.2 Å². The van der Waals surface area contributed by atoms with Gasteiger partial charge < -0.3 is 35.9 Å². The van der Waals surface area contributed by atoms with E-state index in [1.807, 2.05) is 10.6 Å². The van der Waals surface area contributed by atoms with Gasteiger partial charge in [0.1, 0.15) is 12.1 Å². The molecule has 57 heavy (non-hydrogen) atoms. The molecule has 2 aromatic carbocycles. The topological polar surface area (TPSA) is 155 Å². The zero-order chi connectivity index (χ0) is 42.9. The molecule has 0 aliphatic heterocycles. The molecular formula is C33H33F12N7O5. The van der Waals surface area contributed by atoms with Gasteiger partial charge in [-0.05, 0) is 62.6 Å². The first-order valence-corrected chi connectivity index (χ1v) is 16.4. The lowest BCUT2D eigenvalue weighted by molar-refractivity contribution is -0.145. The van der Waals surface area contributed by atoms with Crippen molar-refractivity contribution in [2.45, 2.75) is 75.9 Å². The second kappa shape index (κ2) is 18.5. The molecule has 0 bridgehead atoms. The maximum Gasteiger partial charge on any atom is 0.416 e. The standard InChI is InChI=1S/C33H33F12N7O5/c1-3-52-15-23(47-16-52)14-25(27(54)57-2)50-26(53)24(51-29(56)49-22-12-19(32(40,41)42)9-20(13-22)33(43,44)45)6-4-5-7-46-28(55)48-21-10-17(30(34,35)36)8-18(11-21)31(37,38)39/h8-13,15-16,24-25H,3-7,14H2,1-2H3,(H,50,53)(H2,46,48,55)(H2,49,51,56)/t24-,25-/m0/s1. The molecule has 0 aliphatic carbocycles. The van der Waals surface area contributed by atoms with Crippen LogP contribution in [0.1, 0.15) is 54.1 Å². The number of alkyl halides is 12. The van der Waals surface area contributed by atoms with E-state index in [9.17, 15) is 71.9 Å². The molecule has 12 nitrogen and oxygen atoms in total. The maximum absolute atomic E-state index is 13.4. The fourth-order valence-electron chi connectivity index (χ4n) is 5.00.